The van der Waals surface area contributed by atoms with E-state index in [4.69, 9.17) is 0 Å². The van der Waals surface area contributed by atoms with Crippen molar-refractivity contribution in [3.63, 3.8) is 0 Å². The van der Waals surface area contributed by atoms with Gasteiger partial charge in [-0.15, -0.1) is 0 Å². The monoisotopic (exact) mass is 187 g/mol. The molecule has 2 aromatic rings. The van der Waals surface area contributed by atoms with E-state index in [2.05, 4.69) is 10.1 Å². The van der Waals surface area contributed by atoms with Gasteiger partial charge in [0.2, 0.25) is 0 Å². The molecule has 0 fully saturated rings. The molecule has 0 aliphatic rings. The fourth-order valence-electron chi connectivity index (χ4n) is 1.05. The molecule has 0 saturated heterocycles. The molecule has 0 spiro atoms. The number of hydrogen-bond donors (Lipinski definition) is 0. The van der Waals surface area contributed by atoms with Crippen LogP contribution in [0.2, 0.25) is 0 Å². The highest BCUT2D eigenvalue weighted by Crippen LogP contribution is 2.28. The van der Waals surface area contributed by atoms with E-state index in [1.54, 1.807) is 0 Å². The maximum atomic E-state index is 12.3. The quantitative estimate of drug-likeness (QED) is 0.628. The Balaban J connectivity index is 2.75. The number of rotatable bonds is 0. The van der Waals surface area contributed by atoms with Crippen molar-refractivity contribution < 1.29 is 13.2 Å². The molecule has 0 bridgehead atoms. The van der Waals surface area contributed by atoms with Gasteiger partial charge in [-0.2, -0.15) is 18.3 Å². The molecule has 0 radical (unpaired) electrons. The molecular weight excluding hydrogens is 183 g/mol. The number of alkyl halides is 3. The molecule has 0 aromatic carbocycles. The summed E-state index contributed by atoms with van der Waals surface area (Å²) in [6, 6.07) is 2.30. The molecule has 0 aliphatic carbocycles. The number of hydrogen-bond acceptors (Lipinski definition) is 2. The second kappa shape index (κ2) is 2.45. The molecule has 3 nitrogen and oxygen atoms in total. The summed E-state index contributed by atoms with van der Waals surface area (Å²) in [6.07, 6.45) is -2.01. The Morgan fingerprint density at radius 3 is 2.62 bits per heavy atom. The smallest absolute Gasteiger partial charge is 0.237 e. The minimum absolute atomic E-state index is 0.190. The van der Waals surface area contributed by atoms with Crippen molar-refractivity contribution in [2.24, 2.45) is 0 Å². The van der Waals surface area contributed by atoms with Crippen LogP contribution in [-0.4, -0.2) is 14.6 Å². The molecule has 0 aliphatic heterocycles. The van der Waals surface area contributed by atoms with E-state index in [1.807, 2.05) is 0 Å². The third kappa shape index (κ3) is 1.24. The van der Waals surface area contributed by atoms with Gasteiger partial charge in [0, 0.05) is 12.3 Å². The molecule has 2 heterocycles. The zero-order valence-corrected chi connectivity index (χ0v) is 6.28. The lowest BCUT2D eigenvalue weighted by atomic mass is 10.4. The van der Waals surface area contributed by atoms with Crippen LogP contribution in [0.1, 0.15) is 5.69 Å². The summed E-state index contributed by atoms with van der Waals surface area (Å²) in [5.41, 5.74) is -0.627. The van der Waals surface area contributed by atoms with Gasteiger partial charge < -0.3 is 0 Å². The van der Waals surface area contributed by atoms with Gasteiger partial charge in [-0.1, -0.05) is 0 Å². The van der Waals surface area contributed by atoms with Crippen LogP contribution in [0.15, 0.2) is 24.5 Å². The van der Waals surface area contributed by atoms with Crippen LogP contribution in [0.5, 0.6) is 0 Å². The molecule has 0 unspecified atom stereocenters. The summed E-state index contributed by atoms with van der Waals surface area (Å²) in [6.45, 7) is 0. The van der Waals surface area contributed by atoms with Crippen molar-refractivity contribution in [3.05, 3.63) is 30.2 Å². The number of halogens is 3. The fourth-order valence-corrected chi connectivity index (χ4v) is 1.05. The van der Waals surface area contributed by atoms with Crippen LogP contribution in [0.3, 0.4) is 0 Å². The average Bonchev–Trinajstić information content (AvgIpc) is 2.48. The SMILES string of the molecule is FC(F)(F)c1ccnc2ccnn12. The summed E-state index contributed by atoms with van der Waals surface area (Å²) in [5.74, 6) is 0. The maximum Gasteiger partial charge on any atom is 0.433 e. The van der Waals surface area contributed by atoms with Crippen molar-refractivity contribution in [3.8, 4) is 0 Å². The van der Waals surface area contributed by atoms with E-state index in [-0.39, 0.29) is 5.65 Å². The first-order valence-corrected chi connectivity index (χ1v) is 3.45. The third-order valence-electron chi connectivity index (χ3n) is 1.58. The molecule has 13 heavy (non-hydrogen) atoms. The highest BCUT2D eigenvalue weighted by atomic mass is 19.4. The van der Waals surface area contributed by atoms with Gasteiger partial charge in [-0.3, -0.25) is 0 Å². The van der Waals surface area contributed by atoms with E-state index in [0.29, 0.717) is 0 Å². The second-order valence-electron chi connectivity index (χ2n) is 2.43. The molecule has 68 valence electrons. The normalized spacial score (nSPS) is 12.2. The maximum absolute atomic E-state index is 12.3. The van der Waals surface area contributed by atoms with E-state index >= 15 is 0 Å². The van der Waals surface area contributed by atoms with E-state index in [0.717, 1.165) is 16.8 Å². The van der Waals surface area contributed by atoms with Gasteiger partial charge in [0.1, 0.15) is 5.69 Å². The molecule has 0 N–H and O–H groups in total. The van der Waals surface area contributed by atoms with E-state index < -0.39 is 11.9 Å². The number of nitrogens with zero attached hydrogens (tertiary/aromatic N) is 3. The Labute approximate surface area is 70.8 Å². The van der Waals surface area contributed by atoms with Crippen molar-refractivity contribution >= 4 is 5.65 Å². The zero-order chi connectivity index (χ0) is 9.47. The highest BCUT2D eigenvalue weighted by Gasteiger charge is 2.33. The highest BCUT2D eigenvalue weighted by molar-refractivity contribution is 5.37. The Morgan fingerprint density at radius 2 is 1.92 bits per heavy atom. The molecule has 0 saturated carbocycles. The molecule has 0 amide bonds. The van der Waals surface area contributed by atoms with E-state index in [1.165, 1.54) is 12.3 Å². The predicted octanol–water partition coefficient (Wildman–Crippen LogP) is 1.75. The van der Waals surface area contributed by atoms with Gasteiger partial charge in [0.15, 0.2) is 5.65 Å². The first kappa shape index (κ1) is 8.03. The van der Waals surface area contributed by atoms with Crippen LogP contribution in [0, 0.1) is 0 Å². The van der Waals surface area contributed by atoms with Crippen LogP contribution in [-0.2, 0) is 6.18 Å². The first-order chi connectivity index (χ1) is 6.09. The standard InChI is InChI=1S/C7H4F3N3/c8-7(9,10)5-1-3-11-6-2-4-12-13(5)6/h1-4H. The Bertz CT molecular complexity index is 432. The summed E-state index contributed by atoms with van der Waals surface area (Å²) in [7, 11) is 0. The van der Waals surface area contributed by atoms with Crippen molar-refractivity contribution in [1.29, 1.82) is 0 Å². The minimum Gasteiger partial charge on any atom is -0.237 e. The largest absolute Gasteiger partial charge is 0.433 e. The van der Waals surface area contributed by atoms with E-state index in [9.17, 15) is 13.2 Å². The molecule has 2 aromatic heterocycles. The Morgan fingerprint density at radius 1 is 1.15 bits per heavy atom. The minimum atomic E-state index is -4.40. The summed E-state index contributed by atoms with van der Waals surface area (Å²) < 4.78 is 37.7. The fraction of sp³-hybridized carbons (Fsp3) is 0.143. The van der Waals surface area contributed by atoms with Crippen molar-refractivity contribution in [2.75, 3.05) is 0 Å². The molecule has 2 rings (SSSR count). The lowest BCUT2D eigenvalue weighted by molar-refractivity contribution is -0.142. The molecule has 6 heteroatoms. The first-order valence-electron chi connectivity index (χ1n) is 3.45. The van der Waals surface area contributed by atoms with Crippen LogP contribution < -0.4 is 0 Å². The van der Waals surface area contributed by atoms with Gasteiger partial charge in [-0.05, 0) is 6.07 Å². The molecular formula is C7H4F3N3. The van der Waals surface area contributed by atoms with Crippen LogP contribution in [0.25, 0.3) is 5.65 Å². The Kier molecular flexibility index (Phi) is 1.51. The summed E-state index contributed by atoms with van der Waals surface area (Å²) in [4.78, 5) is 3.72. The number of aromatic nitrogens is 3. The third-order valence-corrected chi connectivity index (χ3v) is 1.58. The predicted molar refractivity (Wildman–Crippen MR) is 38.0 cm³/mol. The van der Waals surface area contributed by atoms with Crippen molar-refractivity contribution in [1.82, 2.24) is 14.6 Å². The second-order valence-corrected chi connectivity index (χ2v) is 2.43. The van der Waals surface area contributed by atoms with Gasteiger partial charge >= 0.3 is 6.18 Å². The summed E-state index contributed by atoms with van der Waals surface area (Å²) in [5, 5.41) is 3.52. The van der Waals surface area contributed by atoms with Gasteiger partial charge in [-0.25, -0.2) is 9.50 Å². The molecule has 0 atom stereocenters. The van der Waals surface area contributed by atoms with Gasteiger partial charge in [0.05, 0.1) is 6.20 Å². The van der Waals surface area contributed by atoms with Crippen molar-refractivity contribution in [2.45, 2.75) is 6.18 Å². The Hall–Kier alpha value is -1.59. The lowest BCUT2D eigenvalue weighted by Gasteiger charge is -2.07. The van der Waals surface area contributed by atoms with Gasteiger partial charge in [0.25, 0.3) is 0 Å². The number of fused-ring (bicyclic) bond motifs is 1. The average molecular weight is 187 g/mol. The zero-order valence-electron chi connectivity index (χ0n) is 6.28. The van der Waals surface area contributed by atoms with Crippen LogP contribution in [0.4, 0.5) is 13.2 Å². The summed E-state index contributed by atoms with van der Waals surface area (Å²) >= 11 is 0. The van der Waals surface area contributed by atoms with Crippen LogP contribution >= 0.6 is 0 Å². The topological polar surface area (TPSA) is 30.2 Å². The lowest BCUT2D eigenvalue weighted by Crippen LogP contribution is -2.12.